The van der Waals surface area contributed by atoms with Crippen molar-refractivity contribution in [2.75, 3.05) is 13.2 Å². The minimum absolute atomic E-state index is 0.138. The second kappa shape index (κ2) is 11.0. The van der Waals surface area contributed by atoms with Crippen LogP contribution in [0.3, 0.4) is 0 Å². The molecule has 4 unspecified atom stereocenters. The predicted octanol–water partition coefficient (Wildman–Crippen LogP) is 3.34. The molecule has 1 fully saturated rings. The number of nitrogens with one attached hydrogen (secondary N) is 2. The van der Waals surface area contributed by atoms with Crippen LogP contribution in [0.5, 0.6) is 0 Å². The first-order valence-corrected chi connectivity index (χ1v) is 11.7. The van der Waals surface area contributed by atoms with Gasteiger partial charge in [0.1, 0.15) is 11.5 Å². The van der Waals surface area contributed by atoms with Crippen molar-refractivity contribution in [3.63, 3.8) is 0 Å². The van der Waals surface area contributed by atoms with Gasteiger partial charge in [-0.25, -0.2) is 0 Å². The number of carboxylic acids is 1. The molecule has 1 heterocycles. The Morgan fingerprint density at radius 3 is 2.25 bits per heavy atom. The van der Waals surface area contributed by atoms with Crippen LogP contribution in [-0.2, 0) is 23.9 Å². The van der Waals surface area contributed by atoms with Gasteiger partial charge in [0.05, 0.1) is 6.61 Å². The number of hydrogen-bond donors (Lipinski definition) is 3. The van der Waals surface area contributed by atoms with Crippen molar-refractivity contribution in [1.82, 2.24) is 10.6 Å². The van der Waals surface area contributed by atoms with Crippen molar-refractivity contribution in [3.8, 4) is 0 Å². The van der Waals surface area contributed by atoms with Crippen LogP contribution in [0.25, 0.3) is 0 Å². The number of amides is 2. The van der Waals surface area contributed by atoms with Crippen molar-refractivity contribution in [2.24, 2.45) is 22.7 Å². The predicted molar refractivity (Wildman–Crippen MR) is 123 cm³/mol. The maximum Gasteiger partial charge on any atom is 0.313 e. The molecule has 1 saturated heterocycles. The van der Waals surface area contributed by atoms with Gasteiger partial charge in [-0.2, -0.15) is 0 Å². The Balaban J connectivity index is 2.90. The molecular formula is C24H44N2O6. The number of carbonyl (C=O) groups excluding carboxylic acids is 2. The monoisotopic (exact) mass is 456 g/mol. The molecule has 1 aliphatic rings. The highest BCUT2D eigenvalue weighted by molar-refractivity contribution is 5.84. The van der Waals surface area contributed by atoms with Crippen molar-refractivity contribution in [1.29, 1.82) is 0 Å². The van der Waals surface area contributed by atoms with E-state index in [1.165, 1.54) is 6.92 Å². The Labute approximate surface area is 193 Å². The van der Waals surface area contributed by atoms with E-state index in [-0.39, 0.29) is 30.2 Å². The highest BCUT2D eigenvalue weighted by Gasteiger charge is 2.47. The smallest absolute Gasteiger partial charge is 0.313 e. The van der Waals surface area contributed by atoms with E-state index in [0.717, 1.165) is 19.3 Å². The summed E-state index contributed by atoms with van der Waals surface area (Å²) in [6.45, 7) is 16.7. The summed E-state index contributed by atoms with van der Waals surface area (Å²) < 4.78 is 11.5. The molecule has 0 aliphatic carbocycles. The molecule has 0 saturated carbocycles. The zero-order chi connectivity index (χ0) is 24.9. The van der Waals surface area contributed by atoms with E-state index in [1.54, 1.807) is 20.8 Å². The first-order valence-electron chi connectivity index (χ1n) is 11.7. The van der Waals surface area contributed by atoms with Crippen LogP contribution in [0, 0.1) is 22.7 Å². The van der Waals surface area contributed by atoms with Crippen molar-refractivity contribution >= 4 is 17.8 Å². The lowest BCUT2D eigenvalue weighted by Gasteiger charge is -2.45. The van der Waals surface area contributed by atoms with Crippen molar-refractivity contribution in [2.45, 2.75) is 99.5 Å². The quantitative estimate of drug-likeness (QED) is 0.439. The molecular weight excluding hydrogens is 412 g/mol. The lowest BCUT2D eigenvalue weighted by Crippen LogP contribution is -2.60. The van der Waals surface area contributed by atoms with E-state index in [0.29, 0.717) is 6.61 Å². The van der Waals surface area contributed by atoms with Gasteiger partial charge in [0, 0.05) is 23.9 Å². The summed E-state index contributed by atoms with van der Waals surface area (Å²) in [4.78, 5) is 38.0. The van der Waals surface area contributed by atoms with Gasteiger partial charge < -0.3 is 25.2 Å². The van der Waals surface area contributed by atoms with Crippen LogP contribution in [0.1, 0.15) is 81.6 Å². The second-order valence-corrected chi connectivity index (χ2v) is 10.8. The SMILES string of the molecule is CCCCC(C(=O)NC(C)C(C)(CNC(=O)C1OC(C)(C)OCC1(C)C)C(=O)O)C(C)C. The lowest BCUT2D eigenvalue weighted by atomic mass is 9.81. The van der Waals surface area contributed by atoms with Crippen LogP contribution < -0.4 is 10.6 Å². The molecule has 2 amide bonds. The molecule has 0 aromatic carbocycles. The van der Waals surface area contributed by atoms with Gasteiger partial charge in [0.25, 0.3) is 0 Å². The summed E-state index contributed by atoms with van der Waals surface area (Å²) in [6, 6.07) is -0.685. The molecule has 0 spiro atoms. The number of unbranched alkanes of at least 4 members (excludes halogenated alkanes) is 1. The summed E-state index contributed by atoms with van der Waals surface area (Å²) in [5, 5.41) is 15.6. The maximum absolute atomic E-state index is 13.0. The molecule has 1 rings (SSSR count). The van der Waals surface area contributed by atoms with E-state index in [9.17, 15) is 19.5 Å². The second-order valence-electron chi connectivity index (χ2n) is 10.8. The van der Waals surface area contributed by atoms with Crippen molar-refractivity contribution < 1.29 is 29.0 Å². The zero-order valence-electron chi connectivity index (χ0n) is 21.3. The molecule has 4 atom stereocenters. The number of rotatable bonds is 11. The van der Waals surface area contributed by atoms with Crippen LogP contribution in [0.15, 0.2) is 0 Å². The minimum Gasteiger partial charge on any atom is -0.481 e. The highest BCUT2D eigenvalue weighted by atomic mass is 16.7. The zero-order valence-corrected chi connectivity index (χ0v) is 21.3. The Bertz CT molecular complexity index is 675. The molecule has 0 aromatic heterocycles. The summed E-state index contributed by atoms with van der Waals surface area (Å²) in [7, 11) is 0. The van der Waals surface area contributed by atoms with E-state index in [1.807, 2.05) is 27.7 Å². The molecule has 1 aliphatic heterocycles. The molecule has 0 bridgehead atoms. The van der Waals surface area contributed by atoms with Gasteiger partial charge in [-0.15, -0.1) is 0 Å². The number of carbonyl (C=O) groups is 3. The van der Waals surface area contributed by atoms with Crippen LogP contribution in [0.4, 0.5) is 0 Å². The Hall–Kier alpha value is -1.67. The molecule has 0 radical (unpaired) electrons. The normalized spacial score (nSPS) is 23.6. The maximum atomic E-state index is 13.0. The first-order chi connectivity index (χ1) is 14.6. The van der Waals surface area contributed by atoms with Crippen molar-refractivity contribution in [3.05, 3.63) is 0 Å². The van der Waals surface area contributed by atoms with Gasteiger partial charge in [-0.1, -0.05) is 47.5 Å². The van der Waals surface area contributed by atoms with Crippen LogP contribution >= 0.6 is 0 Å². The molecule has 3 N–H and O–H groups in total. The van der Waals surface area contributed by atoms with E-state index < -0.39 is 34.7 Å². The third kappa shape index (κ3) is 7.17. The molecule has 32 heavy (non-hydrogen) atoms. The topological polar surface area (TPSA) is 114 Å². The molecule has 186 valence electrons. The largest absolute Gasteiger partial charge is 0.481 e. The van der Waals surface area contributed by atoms with E-state index >= 15 is 0 Å². The van der Waals surface area contributed by atoms with Gasteiger partial charge in [0.15, 0.2) is 5.79 Å². The fraction of sp³-hybridized carbons (Fsp3) is 0.875. The molecule has 8 nitrogen and oxygen atoms in total. The summed E-state index contributed by atoms with van der Waals surface area (Å²) in [5.74, 6) is -2.55. The minimum atomic E-state index is -1.39. The van der Waals surface area contributed by atoms with Gasteiger partial charge >= 0.3 is 5.97 Å². The average molecular weight is 457 g/mol. The standard InChI is InChI=1S/C24H44N2O6/c1-10-11-12-17(15(2)3)19(27)26-16(4)24(9,21(29)30)13-25-20(28)18-22(5,6)14-31-23(7,8)32-18/h15-18H,10-14H2,1-9H3,(H,25,28)(H,26,27)(H,29,30). The Morgan fingerprint density at radius 1 is 1.16 bits per heavy atom. The fourth-order valence-corrected chi connectivity index (χ4v) is 3.77. The summed E-state index contributed by atoms with van der Waals surface area (Å²) >= 11 is 0. The molecule has 8 heteroatoms. The number of ether oxygens (including phenoxy) is 2. The highest BCUT2D eigenvalue weighted by Crippen LogP contribution is 2.35. The van der Waals surface area contributed by atoms with E-state index in [4.69, 9.17) is 9.47 Å². The van der Waals surface area contributed by atoms with E-state index in [2.05, 4.69) is 17.6 Å². The number of aliphatic carboxylic acids is 1. The average Bonchev–Trinajstić information content (AvgIpc) is 2.67. The lowest BCUT2D eigenvalue weighted by molar-refractivity contribution is -0.304. The number of carboxylic acid groups (broad SMARTS) is 1. The van der Waals surface area contributed by atoms with Crippen LogP contribution in [-0.4, -0.2) is 54.0 Å². The van der Waals surface area contributed by atoms with Gasteiger partial charge in [-0.05, 0) is 40.0 Å². The van der Waals surface area contributed by atoms with Crippen LogP contribution in [0.2, 0.25) is 0 Å². The number of hydrogen-bond acceptors (Lipinski definition) is 5. The summed E-state index contributed by atoms with van der Waals surface area (Å²) in [6.07, 6.45) is 1.91. The summed E-state index contributed by atoms with van der Waals surface area (Å²) in [5.41, 5.74) is -1.95. The van der Waals surface area contributed by atoms with Gasteiger partial charge in [-0.3, -0.25) is 14.4 Å². The third-order valence-electron chi connectivity index (χ3n) is 6.58. The Kier molecular flexibility index (Phi) is 9.72. The fourth-order valence-electron chi connectivity index (χ4n) is 3.77. The molecule has 0 aromatic rings. The van der Waals surface area contributed by atoms with Gasteiger partial charge in [0.2, 0.25) is 11.8 Å². The Morgan fingerprint density at radius 2 is 1.75 bits per heavy atom. The first kappa shape index (κ1) is 28.4. The third-order valence-corrected chi connectivity index (χ3v) is 6.58.